The summed E-state index contributed by atoms with van der Waals surface area (Å²) in [4.78, 5) is 11.9. The summed E-state index contributed by atoms with van der Waals surface area (Å²) in [6.45, 7) is 7.95. The number of amides is 1. The summed E-state index contributed by atoms with van der Waals surface area (Å²) < 4.78 is 10.5. The van der Waals surface area contributed by atoms with Crippen LogP contribution in [0.1, 0.15) is 26.7 Å². The zero-order chi connectivity index (χ0) is 17.5. The molecule has 0 fully saturated rings. The summed E-state index contributed by atoms with van der Waals surface area (Å²) in [7, 11) is 1.60. The number of hydrazone groups is 1. The highest BCUT2D eigenvalue weighted by Crippen LogP contribution is 2.26. The van der Waals surface area contributed by atoms with Crippen LogP contribution in [0.25, 0.3) is 0 Å². The molecule has 1 amide bonds. The summed E-state index contributed by atoms with van der Waals surface area (Å²) in [5, 5.41) is 4.24. The third-order valence-electron chi connectivity index (χ3n) is 4.05. The van der Waals surface area contributed by atoms with Gasteiger partial charge in [-0.2, -0.15) is 5.10 Å². The van der Waals surface area contributed by atoms with E-state index in [0.29, 0.717) is 11.7 Å². The number of nitrogens with zero attached hydrogens (tertiary/aromatic N) is 1. The second-order valence-electron chi connectivity index (χ2n) is 5.93. The molecule has 0 heterocycles. The molecule has 0 aromatic heterocycles. The van der Waals surface area contributed by atoms with Gasteiger partial charge in [0.15, 0.2) is 6.61 Å². The minimum atomic E-state index is -0.288. The van der Waals surface area contributed by atoms with Gasteiger partial charge in [0.2, 0.25) is 0 Å². The van der Waals surface area contributed by atoms with E-state index in [0.717, 1.165) is 35.4 Å². The quantitative estimate of drug-likeness (QED) is 0.642. The van der Waals surface area contributed by atoms with E-state index in [1.54, 1.807) is 31.4 Å². The third-order valence-corrected chi connectivity index (χ3v) is 4.05. The van der Waals surface area contributed by atoms with Crippen LogP contribution in [0.2, 0.25) is 0 Å². The fourth-order valence-corrected chi connectivity index (χ4v) is 2.41. The molecule has 0 aliphatic heterocycles. The van der Waals surface area contributed by atoms with Crippen molar-refractivity contribution in [1.29, 1.82) is 0 Å². The lowest BCUT2D eigenvalue weighted by atomic mass is 9.85. The van der Waals surface area contributed by atoms with Gasteiger partial charge in [-0.05, 0) is 62.4 Å². The molecule has 1 atom stereocenters. The monoisotopic (exact) mass is 328 g/mol. The highest BCUT2D eigenvalue weighted by Gasteiger charge is 2.18. The lowest BCUT2D eigenvalue weighted by Crippen LogP contribution is -2.27. The molecule has 0 bridgehead atoms. The van der Waals surface area contributed by atoms with Crippen molar-refractivity contribution in [3.63, 3.8) is 0 Å². The zero-order valence-electron chi connectivity index (χ0n) is 14.5. The Morgan fingerprint density at radius 1 is 1.33 bits per heavy atom. The summed E-state index contributed by atoms with van der Waals surface area (Å²) in [6, 6.07) is 7.07. The first-order valence-electron chi connectivity index (χ1n) is 7.94. The standard InChI is InChI=1S/C19H24N2O3/c1-13(2)15-6-5-14(3)18(11-15)20-21-19(22)12-24-17-9-7-16(23-4)8-10-17/h5,7-10,15H,1,6,11-12H2,2-4H3,(H,21,22)/b20-18-/t15-/m0/s1. The van der Waals surface area contributed by atoms with Crippen molar-refractivity contribution >= 4 is 11.6 Å². The van der Waals surface area contributed by atoms with Gasteiger partial charge in [-0.3, -0.25) is 4.79 Å². The highest BCUT2D eigenvalue weighted by molar-refractivity contribution is 6.01. The number of hydrogen-bond donors (Lipinski definition) is 1. The first kappa shape index (κ1) is 17.8. The van der Waals surface area contributed by atoms with E-state index < -0.39 is 0 Å². The predicted octanol–water partition coefficient (Wildman–Crippen LogP) is 3.48. The summed E-state index contributed by atoms with van der Waals surface area (Å²) >= 11 is 0. The SMILES string of the molecule is C=C(C)[C@H]1CC=C(C)/C(=N\NC(=O)COc2ccc(OC)cc2)C1. The van der Waals surface area contributed by atoms with Crippen LogP contribution >= 0.6 is 0 Å². The van der Waals surface area contributed by atoms with Crippen molar-refractivity contribution < 1.29 is 14.3 Å². The molecular formula is C19H24N2O3. The smallest absolute Gasteiger partial charge is 0.277 e. The third kappa shape index (κ3) is 4.98. The van der Waals surface area contributed by atoms with E-state index in [2.05, 4.69) is 23.2 Å². The number of hydrogen-bond acceptors (Lipinski definition) is 4. The Morgan fingerprint density at radius 3 is 2.62 bits per heavy atom. The fourth-order valence-electron chi connectivity index (χ4n) is 2.41. The Labute approximate surface area is 143 Å². The van der Waals surface area contributed by atoms with Crippen molar-refractivity contribution in [1.82, 2.24) is 5.43 Å². The average molecular weight is 328 g/mol. The molecule has 1 N–H and O–H groups in total. The lowest BCUT2D eigenvalue weighted by Gasteiger charge is -2.22. The van der Waals surface area contributed by atoms with E-state index in [-0.39, 0.29) is 12.5 Å². The summed E-state index contributed by atoms with van der Waals surface area (Å²) in [5.74, 6) is 1.45. The molecule has 5 heteroatoms. The minimum absolute atomic E-state index is 0.0875. The minimum Gasteiger partial charge on any atom is -0.497 e. The van der Waals surface area contributed by atoms with Gasteiger partial charge in [-0.15, -0.1) is 0 Å². The Bertz CT molecular complexity index is 660. The van der Waals surface area contributed by atoms with Gasteiger partial charge >= 0.3 is 0 Å². The van der Waals surface area contributed by atoms with Crippen LogP contribution in [0.3, 0.4) is 0 Å². The Balaban J connectivity index is 1.86. The number of carbonyl (C=O) groups is 1. The second-order valence-corrected chi connectivity index (χ2v) is 5.93. The van der Waals surface area contributed by atoms with Crippen LogP contribution in [0.4, 0.5) is 0 Å². The van der Waals surface area contributed by atoms with E-state index in [1.807, 2.05) is 13.8 Å². The van der Waals surface area contributed by atoms with Gasteiger partial charge in [0.05, 0.1) is 12.8 Å². The topological polar surface area (TPSA) is 59.9 Å². The Morgan fingerprint density at radius 2 is 2.00 bits per heavy atom. The number of ether oxygens (including phenoxy) is 2. The van der Waals surface area contributed by atoms with Crippen molar-refractivity contribution in [2.75, 3.05) is 13.7 Å². The number of benzene rings is 1. The fraction of sp³-hybridized carbons (Fsp3) is 0.368. The Hall–Kier alpha value is -2.56. The zero-order valence-corrected chi connectivity index (χ0v) is 14.5. The molecule has 1 aromatic rings. The van der Waals surface area contributed by atoms with Crippen LogP contribution in [-0.2, 0) is 4.79 Å². The summed E-state index contributed by atoms with van der Waals surface area (Å²) in [6.07, 6.45) is 3.92. The van der Waals surface area contributed by atoms with Crippen molar-refractivity contribution in [2.24, 2.45) is 11.0 Å². The van der Waals surface area contributed by atoms with Gasteiger partial charge in [-0.1, -0.05) is 18.2 Å². The van der Waals surface area contributed by atoms with E-state index in [9.17, 15) is 4.79 Å². The first-order chi connectivity index (χ1) is 11.5. The van der Waals surface area contributed by atoms with Crippen molar-refractivity contribution in [3.05, 3.63) is 48.1 Å². The van der Waals surface area contributed by atoms with Crippen LogP contribution in [0, 0.1) is 5.92 Å². The number of nitrogens with one attached hydrogen (secondary N) is 1. The van der Waals surface area contributed by atoms with Crippen LogP contribution < -0.4 is 14.9 Å². The maximum absolute atomic E-state index is 11.9. The second kappa shape index (κ2) is 8.34. The van der Waals surface area contributed by atoms with E-state index in [4.69, 9.17) is 9.47 Å². The van der Waals surface area contributed by atoms with Gasteiger partial charge in [-0.25, -0.2) is 5.43 Å². The number of rotatable bonds is 6. The van der Waals surface area contributed by atoms with Crippen molar-refractivity contribution in [2.45, 2.75) is 26.7 Å². The molecule has 0 saturated heterocycles. The van der Waals surface area contributed by atoms with Gasteiger partial charge < -0.3 is 9.47 Å². The number of carbonyl (C=O) groups excluding carboxylic acids is 1. The lowest BCUT2D eigenvalue weighted by molar-refractivity contribution is -0.123. The van der Waals surface area contributed by atoms with Crippen molar-refractivity contribution in [3.8, 4) is 11.5 Å². The highest BCUT2D eigenvalue weighted by atomic mass is 16.5. The molecule has 128 valence electrons. The maximum Gasteiger partial charge on any atom is 0.277 e. The molecule has 0 unspecified atom stereocenters. The molecule has 24 heavy (non-hydrogen) atoms. The van der Waals surface area contributed by atoms with E-state index >= 15 is 0 Å². The number of allylic oxidation sites excluding steroid dienone is 3. The summed E-state index contributed by atoms with van der Waals surface area (Å²) in [5.41, 5.74) is 5.70. The molecular weight excluding hydrogens is 304 g/mol. The largest absolute Gasteiger partial charge is 0.497 e. The predicted molar refractivity (Wildman–Crippen MR) is 95.4 cm³/mol. The normalized spacial score (nSPS) is 18.7. The molecule has 1 aliphatic rings. The molecule has 1 aromatic carbocycles. The first-order valence-corrected chi connectivity index (χ1v) is 7.94. The molecule has 0 radical (unpaired) electrons. The molecule has 5 nitrogen and oxygen atoms in total. The average Bonchev–Trinajstić information content (AvgIpc) is 2.59. The maximum atomic E-state index is 11.9. The van der Waals surface area contributed by atoms with E-state index in [1.165, 1.54) is 0 Å². The molecule has 2 rings (SSSR count). The van der Waals surface area contributed by atoms with Gasteiger partial charge in [0.25, 0.3) is 5.91 Å². The van der Waals surface area contributed by atoms with Crippen LogP contribution in [0.15, 0.2) is 53.2 Å². The molecule has 0 spiro atoms. The van der Waals surface area contributed by atoms with Gasteiger partial charge in [0, 0.05) is 0 Å². The van der Waals surface area contributed by atoms with Crippen LogP contribution in [-0.4, -0.2) is 25.3 Å². The Kier molecular flexibility index (Phi) is 6.18. The van der Waals surface area contributed by atoms with Crippen LogP contribution in [0.5, 0.6) is 11.5 Å². The molecule has 0 saturated carbocycles. The number of methoxy groups -OCH3 is 1. The van der Waals surface area contributed by atoms with Gasteiger partial charge in [0.1, 0.15) is 11.5 Å². The molecule has 1 aliphatic carbocycles.